The minimum atomic E-state index is -4.51. The standard InChI is InChI=1S/C15H18F3N5/c1-3-20-13-12(15(16,17)18)8-21-14(23-13)22-11-6-4-10(5-7-11)9(2)19/h4-9H,3,19H2,1-2H3,(H2,20,21,22,23)/t9-/m1/s1. The van der Waals surface area contributed by atoms with Gasteiger partial charge >= 0.3 is 6.18 Å². The number of aromatic nitrogens is 2. The van der Waals surface area contributed by atoms with Crippen molar-refractivity contribution in [1.82, 2.24) is 9.97 Å². The van der Waals surface area contributed by atoms with Crippen LogP contribution >= 0.6 is 0 Å². The predicted molar refractivity (Wildman–Crippen MR) is 83.5 cm³/mol. The lowest BCUT2D eigenvalue weighted by Crippen LogP contribution is -2.14. The highest BCUT2D eigenvalue weighted by molar-refractivity contribution is 5.57. The van der Waals surface area contributed by atoms with Crippen LogP contribution < -0.4 is 16.4 Å². The van der Waals surface area contributed by atoms with Crippen molar-refractivity contribution in [2.45, 2.75) is 26.1 Å². The summed E-state index contributed by atoms with van der Waals surface area (Å²) in [5, 5.41) is 5.48. The number of alkyl halides is 3. The molecule has 0 bridgehead atoms. The minimum absolute atomic E-state index is 0.0856. The Morgan fingerprint density at radius 3 is 2.39 bits per heavy atom. The van der Waals surface area contributed by atoms with Crippen LogP contribution in [0, 0.1) is 0 Å². The Morgan fingerprint density at radius 1 is 1.22 bits per heavy atom. The first-order chi connectivity index (χ1) is 10.8. The monoisotopic (exact) mass is 325 g/mol. The van der Waals surface area contributed by atoms with E-state index in [1.165, 1.54) is 0 Å². The van der Waals surface area contributed by atoms with E-state index in [0.717, 1.165) is 11.8 Å². The molecule has 0 saturated carbocycles. The summed E-state index contributed by atoms with van der Waals surface area (Å²) in [5.74, 6) is -0.160. The van der Waals surface area contributed by atoms with Gasteiger partial charge in [0.15, 0.2) is 0 Å². The van der Waals surface area contributed by atoms with E-state index in [0.29, 0.717) is 12.2 Å². The largest absolute Gasteiger partial charge is 0.421 e. The molecule has 2 rings (SSSR count). The molecule has 4 N–H and O–H groups in total. The second-order valence-corrected chi connectivity index (χ2v) is 5.02. The predicted octanol–water partition coefficient (Wildman–Crippen LogP) is 3.69. The number of nitrogens with one attached hydrogen (secondary N) is 2. The van der Waals surface area contributed by atoms with Gasteiger partial charge in [-0.1, -0.05) is 12.1 Å². The zero-order valence-electron chi connectivity index (χ0n) is 12.8. The zero-order chi connectivity index (χ0) is 17.0. The first-order valence-corrected chi connectivity index (χ1v) is 7.12. The molecule has 0 aliphatic rings. The SMILES string of the molecule is CCNc1nc(Nc2ccc([C@@H](C)N)cc2)ncc1C(F)(F)F. The van der Waals surface area contributed by atoms with Crippen LogP contribution in [0.25, 0.3) is 0 Å². The van der Waals surface area contributed by atoms with Gasteiger partial charge in [-0.2, -0.15) is 18.2 Å². The highest BCUT2D eigenvalue weighted by Crippen LogP contribution is 2.34. The number of halogens is 3. The smallest absolute Gasteiger partial charge is 0.370 e. The summed E-state index contributed by atoms with van der Waals surface area (Å²) in [6.45, 7) is 3.88. The molecule has 2 aromatic rings. The quantitative estimate of drug-likeness (QED) is 0.781. The molecule has 1 aromatic heterocycles. The van der Waals surface area contributed by atoms with E-state index < -0.39 is 11.7 Å². The second kappa shape index (κ2) is 6.82. The molecule has 0 aliphatic carbocycles. The topological polar surface area (TPSA) is 75.9 Å². The Balaban J connectivity index is 2.24. The summed E-state index contributed by atoms with van der Waals surface area (Å²) < 4.78 is 38.7. The molecule has 0 radical (unpaired) electrons. The van der Waals surface area contributed by atoms with Crippen LogP contribution in [0.5, 0.6) is 0 Å². The van der Waals surface area contributed by atoms with Crippen LogP contribution in [-0.4, -0.2) is 16.5 Å². The van der Waals surface area contributed by atoms with E-state index >= 15 is 0 Å². The van der Waals surface area contributed by atoms with Gasteiger partial charge in [0.25, 0.3) is 0 Å². The fraction of sp³-hybridized carbons (Fsp3) is 0.333. The molecule has 1 aromatic carbocycles. The first-order valence-electron chi connectivity index (χ1n) is 7.12. The molecule has 0 saturated heterocycles. The van der Waals surface area contributed by atoms with Crippen molar-refractivity contribution in [3.63, 3.8) is 0 Å². The second-order valence-electron chi connectivity index (χ2n) is 5.02. The summed E-state index contributed by atoms with van der Waals surface area (Å²) in [5.41, 5.74) is 6.49. The van der Waals surface area contributed by atoms with Crippen molar-refractivity contribution in [3.8, 4) is 0 Å². The van der Waals surface area contributed by atoms with Crippen LogP contribution in [0.15, 0.2) is 30.5 Å². The van der Waals surface area contributed by atoms with Gasteiger partial charge in [0.2, 0.25) is 5.95 Å². The Hall–Kier alpha value is -2.35. The van der Waals surface area contributed by atoms with Crippen molar-refractivity contribution in [2.24, 2.45) is 5.73 Å². The molecule has 0 aliphatic heterocycles. The summed E-state index contributed by atoms with van der Waals surface area (Å²) in [6.07, 6.45) is -3.74. The van der Waals surface area contributed by atoms with Crippen LogP contribution in [0.3, 0.4) is 0 Å². The summed E-state index contributed by atoms with van der Waals surface area (Å²) >= 11 is 0. The fourth-order valence-electron chi connectivity index (χ4n) is 1.95. The number of hydrogen-bond donors (Lipinski definition) is 3. The molecule has 0 fully saturated rings. The third-order valence-corrected chi connectivity index (χ3v) is 3.13. The average Bonchev–Trinajstić information content (AvgIpc) is 2.47. The maximum absolute atomic E-state index is 12.9. The maximum atomic E-state index is 12.9. The fourth-order valence-corrected chi connectivity index (χ4v) is 1.95. The number of rotatable bonds is 5. The molecule has 5 nitrogen and oxygen atoms in total. The van der Waals surface area contributed by atoms with E-state index in [4.69, 9.17) is 5.73 Å². The molecular weight excluding hydrogens is 307 g/mol. The summed E-state index contributed by atoms with van der Waals surface area (Å²) in [7, 11) is 0. The maximum Gasteiger partial charge on any atom is 0.421 e. The lowest BCUT2D eigenvalue weighted by molar-refractivity contribution is -0.137. The molecular formula is C15H18F3N5. The number of nitrogens with zero attached hydrogens (tertiary/aromatic N) is 2. The number of anilines is 3. The van der Waals surface area contributed by atoms with Crippen molar-refractivity contribution >= 4 is 17.5 Å². The third kappa shape index (κ3) is 4.32. The number of hydrogen-bond acceptors (Lipinski definition) is 5. The van der Waals surface area contributed by atoms with E-state index in [-0.39, 0.29) is 17.8 Å². The highest BCUT2D eigenvalue weighted by Gasteiger charge is 2.35. The lowest BCUT2D eigenvalue weighted by atomic mass is 10.1. The van der Waals surface area contributed by atoms with Gasteiger partial charge in [-0.3, -0.25) is 0 Å². The first kappa shape index (κ1) is 17.0. The molecule has 1 heterocycles. The molecule has 23 heavy (non-hydrogen) atoms. The van der Waals surface area contributed by atoms with Gasteiger partial charge < -0.3 is 16.4 Å². The molecule has 8 heteroatoms. The average molecular weight is 325 g/mol. The molecule has 0 amide bonds. The van der Waals surface area contributed by atoms with Crippen molar-refractivity contribution in [2.75, 3.05) is 17.2 Å². The van der Waals surface area contributed by atoms with Crippen LogP contribution in [0.4, 0.5) is 30.6 Å². The summed E-state index contributed by atoms with van der Waals surface area (Å²) in [4.78, 5) is 7.64. The van der Waals surface area contributed by atoms with E-state index in [9.17, 15) is 13.2 Å². The third-order valence-electron chi connectivity index (χ3n) is 3.13. The van der Waals surface area contributed by atoms with Gasteiger partial charge in [0.1, 0.15) is 11.4 Å². The molecule has 0 spiro atoms. The number of benzene rings is 1. The normalized spacial score (nSPS) is 12.8. The van der Waals surface area contributed by atoms with E-state index in [1.54, 1.807) is 19.1 Å². The van der Waals surface area contributed by atoms with Gasteiger partial charge in [-0.15, -0.1) is 0 Å². The minimum Gasteiger partial charge on any atom is -0.370 e. The summed E-state index contributed by atoms with van der Waals surface area (Å²) in [6, 6.07) is 7.12. The Bertz CT molecular complexity index is 653. The lowest BCUT2D eigenvalue weighted by Gasteiger charge is -2.14. The van der Waals surface area contributed by atoms with Crippen molar-refractivity contribution in [1.29, 1.82) is 0 Å². The van der Waals surface area contributed by atoms with Crippen molar-refractivity contribution < 1.29 is 13.2 Å². The van der Waals surface area contributed by atoms with Gasteiger partial charge in [-0.25, -0.2) is 4.98 Å². The van der Waals surface area contributed by atoms with Crippen LogP contribution in [0.1, 0.15) is 31.0 Å². The van der Waals surface area contributed by atoms with E-state index in [1.807, 2.05) is 19.1 Å². The highest BCUT2D eigenvalue weighted by atomic mass is 19.4. The van der Waals surface area contributed by atoms with Gasteiger partial charge in [-0.05, 0) is 31.5 Å². The zero-order valence-corrected chi connectivity index (χ0v) is 12.8. The Kier molecular flexibility index (Phi) is 5.05. The Labute approximate surface area is 132 Å². The van der Waals surface area contributed by atoms with Gasteiger partial charge in [0.05, 0.1) is 0 Å². The van der Waals surface area contributed by atoms with E-state index in [2.05, 4.69) is 20.6 Å². The molecule has 124 valence electrons. The molecule has 0 unspecified atom stereocenters. The van der Waals surface area contributed by atoms with Crippen LogP contribution in [0.2, 0.25) is 0 Å². The molecule has 1 atom stereocenters. The Morgan fingerprint density at radius 2 is 1.87 bits per heavy atom. The number of nitrogens with two attached hydrogens (primary N) is 1. The van der Waals surface area contributed by atoms with Crippen LogP contribution in [-0.2, 0) is 6.18 Å². The van der Waals surface area contributed by atoms with Gasteiger partial charge in [0, 0.05) is 24.5 Å². The van der Waals surface area contributed by atoms with Crippen molar-refractivity contribution in [3.05, 3.63) is 41.6 Å².